The number of hydrogen-bond donors (Lipinski definition) is 2. The Morgan fingerprint density at radius 3 is 2.62 bits per heavy atom. The van der Waals surface area contributed by atoms with E-state index in [1.165, 1.54) is 18.4 Å². The summed E-state index contributed by atoms with van der Waals surface area (Å²) in [5.41, 5.74) is 3.91. The van der Waals surface area contributed by atoms with Gasteiger partial charge in [0.2, 0.25) is 5.95 Å². The molecule has 0 aliphatic carbocycles. The topological polar surface area (TPSA) is 54.8 Å². The molecule has 3 heterocycles. The first-order valence-corrected chi connectivity index (χ1v) is 11.7. The Kier molecular flexibility index (Phi) is 6.30. The van der Waals surface area contributed by atoms with Crippen LogP contribution in [0.15, 0.2) is 60.8 Å². The molecular weight excluding hydrogens is 441 g/mol. The fourth-order valence-electron chi connectivity index (χ4n) is 4.37. The predicted octanol–water partition coefficient (Wildman–Crippen LogP) is 6.02. The van der Waals surface area contributed by atoms with Gasteiger partial charge in [0.15, 0.2) is 0 Å². The lowest BCUT2D eigenvalue weighted by Crippen LogP contribution is -2.32. The van der Waals surface area contributed by atoms with Crippen molar-refractivity contribution in [2.75, 3.05) is 18.4 Å². The lowest BCUT2D eigenvalue weighted by atomic mass is 9.99. The van der Waals surface area contributed by atoms with Crippen molar-refractivity contribution in [3.8, 4) is 11.3 Å². The Hall–Kier alpha value is -2.60. The third-order valence-corrected chi connectivity index (χ3v) is 6.62. The third-order valence-electron chi connectivity index (χ3n) is 5.99. The second-order valence-corrected chi connectivity index (χ2v) is 9.08. The van der Waals surface area contributed by atoms with Crippen molar-refractivity contribution in [3.63, 3.8) is 0 Å². The molecule has 0 amide bonds. The summed E-state index contributed by atoms with van der Waals surface area (Å²) in [5.74, 6) is 1.13. The number of nitrogens with zero attached hydrogens (tertiary/aromatic N) is 3. The number of halogens is 2. The van der Waals surface area contributed by atoms with E-state index >= 15 is 0 Å². The van der Waals surface area contributed by atoms with Gasteiger partial charge >= 0.3 is 0 Å². The normalized spacial score (nSPS) is 16.4. The summed E-state index contributed by atoms with van der Waals surface area (Å²) >= 11 is 13.2. The van der Waals surface area contributed by atoms with E-state index in [9.17, 15) is 0 Å². The van der Waals surface area contributed by atoms with E-state index in [-0.39, 0.29) is 0 Å². The molecule has 5 nitrogen and oxygen atoms in total. The van der Waals surface area contributed by atoms with E-state index < -0.39 is 0 Å². The molecule has 1 atom stereocenters. The number of fused-ring (bicyclic) bond motifs is 1. The van der Waals surface area contributed by atoms with Crippen LogP contribution in [0.3, 0.4) is 0 Å². The van der Waals surface area contributed by atoms with Crippen LogP contribution < -0.4 is 10.6 Å². The molecule has 4 aromatic rings. The molecule has 2 aromatic heterocycles. The molecular formula is C25H25Cl2N5. The highest BCUT2D eigenvalue weighted by Gasteiger charge is 2.21. The van der Waals surface area contributed by atoms with Crippen molar-refractivity contribution in [3.05, 3.63) is 76.4 Å². The molecule has 0 spiro atoms. The lowest BCUT2D eigenvalue weighted by Gasteiger charge is -2.24. The molecule has 0 radical (unpaired) electrons. The molecule has 164 valence electrons. The number of benzene rings is 2. The Morgan fingerprint density at radius 2 is 1.88 bits per heavy atom. The maximum atomic E-state index is 6.60. The van der Waals surface area contributed by atoms with Gasteiger partial charge in [-0.15, -0.1) is 0 Å². The first-order valence-electron chi connectivity index (χ1n) is 11.0. The molecule has 1 aliphatic rings. The van der Waals surface area contributed by atoms with E-state index in [4.69, 9.17) is 28.2 Å². The highest BCUT2D eigenvalue weighted by molar-refractivity contribution is 6.39. The fourth-order valence-corrected chi connectivity index (χ4v) is 4.97. The second kappa shape index (κ2) is 9.49. The predicted molar refractivity (Wildman–Crippen MR) is 132 cm³/mol. The standard InChI is InChI=1S/C25H25Cl2N5/c26-20-9-4-10-21(27)23(20)22-12-19-15-30-25(29-14-17-6-2-1-3-7-17)31-24(19)32(22)16-18-8-5-11-28-13-18/h1-4,6-7,9-10,12,15,18,28H,5,8,11,13-14,16H2,(H,29,30,31). The summed E-state index contributed by atoms with van der Waals surface area (Å²) < 4.78 is 2.26. The summed E-state index contributed by atoms with van der Waals surface area (Å²) in [5, 5.41) is 9.12. The third kappa shape index (κ3) is 4.46. The zero-order chi connectivity index (χ0) is 21.9. The maximum absolute atomic E-state index is 6.60. The SMILES string of the molecule is Clc1cccc(Cl)c1-c1cc2cnc(NCc3ccccc3)nc2n1CC1CCCNC1. The van der Waals surface area contributed by atoms with Gasteiger partial charge in [-0.05, 0) is 55.6 Å². The van der Waals surface area contributed by atoms with Crippen LogP contribution in [0.5, 0.6) is 0 Å². The van der Waals surface area contributed by atoms with Crippen LogP contribution in [0.25, 0.3) is 22.3 Å². The van der Waals surface area contributed by atoms with Crippen LogP contribution in [0.2, 0.25) is 10.0 Å². The minimum atomic E-state index is 0.523. The minimum Gasteiger partial charge on any atom is -0.350 e. The molecule has 32 heavy (non-hydrogen) atoms. The monoisotopic (exact) mass is 465 g/mol. The number of nitrogens with one attached hydrogen (secondary N) is 2. The first-order chi connectivity index (χ1) is 15.7. The van der Waals surface area contributed by atoms with E-state index in [0.717, 1.165) is 41.9 Å². The number of anilines is 1. The lowest BCUT2D eigenvalue weighted by molar-refractivity contribution is 0.341. The van der Waals surface area contributed by atoms with Crippen LogP contribution >= 0.6 is 23.2 Å². The van der Waals surface area contributed by atoms with Crippen molar-refractivity contribution in [1.82, 2.24) is 19.9 Å². The largest absolute Gasteiger partial charge is 0.350 e. The van der Waals surface area contributed by atoms with Gasteiger partial charge in [0.1, 0.15) is 5.65 Å². The molecule has 1 fully saturated rings. The second-order valence-electron chi connectivity index (χ2n) is 8.26. The number of aromatic nitrogens is 3. The van der Waals surface area contributed by atoms with Gasteiger partial charge in [-0.1, -0.05) is 59.6 Å². The van der Waals surface area contributed by atoms with Crippen molar-refractivity contribution < 1.29 is 0 Å². The van der Waals surface area contributed by atoms with Crippen LogP contribution in [-0.4, -0.2) is 27.6 Å². The summed E-state index contributed by atoms with van der Waals surface area (Å²) in [6.45, 7) is 3.60. The van der Waals surface area contributed by atoms with Crippen LogP contribution in [0.1, 0.15) is 18.4 Å². The highest BCUT2D eigenvalue weighted by atomic mass is 35.5. The van der Waals surface area contributed by atoms with Crippen LogP contribution in [0, 0.1) is 5.92 Å². The molecule has 1 saturated heterocycles. The van der Waals surface area contributed by atoms with Gasteiger partial charge in [-0.3, -0.25) is 0 Å². The zero-order valence-corrected chi connectivity index (χ0v) is 19.2. The van der Waals surface area contributed by atoms with Crippen LogP contribution in [-0.2, 0) is 13.1 Å². The van der Waals surface area contributed by atoms with Gasteiger partial charge in [0.05, 0.1) is 15.7 Å². The van der Waals surface area contributed by atoms with Gasteiger partial charge in [0.25, 0.3) is 0 Å². The quantitative estimate of drug-likeness (QED) is 0.365. The molecule has 1 unspecified atom stereocenters. The van der Waals surface area contributed by atoms with E-state index in [1.807, 2.05) is 42.6 Å². The average molecular weight is 466 g/mol. The first kappa shape index (κ1) is 21.3. The molecule has 2 N–H and O–H groups in total. The van der Waals surface area contributed by atoms with Crippen molar-refractivity contribution in [1.29, 1.82) is 0 Å². The number of hydrogen-bond acceptors (Lipinski definition) is 4. The number of rotatable bonds is 6. The smallest absolute Gasteiger partial charge is 0.224 e. The Labute approximate surface area is 197 Å². The Morgan fingerprint density at radius 1 is 1.06 bits per heavy atom. The Balaban J connectivity index is 1.55. The van der Waals surface area contributed by atoms with E-state index in [1.54, 1.807) is 0 Å². The van der Waals surface area contributed by atoms with Crippen molar-refractivity contribution >= 4 is 40.2 Å². The molecule has 5 rings (SSSR count). The van der Waals surface area contributed by atoms with Crippen LogP contribution in [0.4, 0.5) is 5.95 Å². The van der Waals surface area contributed by atoms with Gasteiger partial charge in [0, 0.05) is 30.2 Å². The van der Waals surface area contributed by atoms with Crippen molar-refractivity contribution in [2.45, 2.75) is 25.9 Å². The molecule has 7 heteroatoms. The van der Waals surface area contributed by atoms with E-state index in [2.05, 4.69) is 38.4 Å². The van der Waals surface area contributed by atoms with E-state index in [0.29, 0.717) is 28.5 Å². The molecule has 0 bridgehead atoms. The average Bonchev–Trinajstić information content (AvgIpc) is 3.16. The van der Waals surface area contributed by atoms with Gasteiger partial charge in [-0.25, -0.2) is 4.98 Å². The zero-order valence-electron chi connectivity index (χ0n) is 17.7. The highest BCUT2D eigenvalue weighted by Crippen LogP contribution is 2.38. The summed E-state index contributed by atoms with van der Waals surface area (Å²) in [6, 6.07) is 18.0. The summed E-state index contributed by atoms with van der Waals surface area (Å²) in [6.07, 6.45) is 4.25. The summed E-state index contributed by atoms with van der Waals surface area (Å²) in [4.78, 5) is 9.44. The molecule has 2 aromatic carbocycles. The molecule has 1 aliphatic heterocycles. The maximum Gasteiger partial charge on any atom is 0.224 e. The summed E-state index contributed by atoms with van der Waals surface area (Å²) in [7, 11) is 0. The number of piperidine rings is 1. The van der Waals surface area contributed by atoms with Gasteiger partial charge in [-0.2, -0.15) is 4.98 Å². The van der Waals surface area contributed by atoms with Gasteiger partial charge < -0.3 is 15.2 Å². The minimum absolute atomic E-state index is 0.523. The van der Waals surface area contributed by atoms with Crippen molar-refractivity contribution in [2.24, 2.45) is 5.92 Å². The molecule has 0 saturated carbocycles. The Bertz CT molecular complexity index is 1200. The fraction of sp³-hybridized carbons (Fsp3) is 0.280.